The van der Waals surface area contributed by atoms with E-state index in [0.717, 1.165) is 25.9 Å². The number of ether oxygens (including phenoxy) is 1. The first-order valence-corrected chi connectivity index (χ1v) is 11.2. The van der Waals surface area contributed by atoms with Crippen molar-refractivity contribution < 1.29 is 19.4 Å². The first kappa shape index (κ1) is 26.9. The van der Waals surface area contributed by atoms with Gasteiger partial charge in [0.25, 0.3) is 5.91 Å². The third kappa shape index (κ3) is 7.33. The van der Waals surface area contributed by atoms with E-state index >= 15 is 0 Å². The largest absolute Gasteiger partial charge is 0.496 e. The molecule has 33 heavy (non-hydrogen) atoms. The number of piperidine rings is 1. The van der Waals surface area contributed by atoms with Gasteiger partial charge in [0.15, 0.2) is 5.78 Å². The van der Waals surface area contributed by atoms with Crippen LogP contribution in [0.3, 0.4) is 0 Å². The number of carbonyl (C=O) groups excluding carboxylic acids is 2. The Morgan fingerprint density at radius 2 is 1.91 bits per heavy atom. The van der Waals surface area contributed by atoms with Crippen LogP contribution in [0.4, 0.5) is 5.69 Å². The zero-order valence-corrected chi connectivity index (χ0v) is 20.2. The van der Waals surface area contributed by atoms with E-state index in [9.17, 15) is 14.7 Å². The lowest BCUT2D eigenvalue weighted by molar-refractivity contribution is 0.0685. The summed E-state index contributed by atoms with van der Waals surface area (Å²) in [7, 11) is 1.49. The van der Waals surface area contributed by atoms with Crippen molar-refractivity contribution >= 4 is 41.4 Å². The van der Waals surface area contributed by atoms with E-state index in [0.29, 0.717) is 53.0 Å². The molecule has 1 unspecified atom stereocenters. The number of amides is 1. The molecule has 4 N–H and O–H groups in total. The van der Waals surface area contributed by atoms with Gasteiger partial charge in [0.1, 0.15) is 11.9 Å². The number of nitrogens with zero attached hydrogens (tertiary/aromatic N) is 1. The molecule has 2 aromatic carbocycles. The topological polar surface area (TPSA) is 105 Å². The number of nitrogens with one attached hydrogen (secondary N) is 1. The number of anilines is 1. The molecule has 1 heterocycles. The molecule has 0 spiro atoms. The van der Waals surface area contributed by atoms with Gasteiger partial charge < -0.3 is 25.8 Å². The van der Waals surface area contributed by atoms with Crippen molar-refractivity contribution in [1.82, 2.24) is 10.2 Å². The average molecular weight is 496 g/mol. The predicted molar refractivity (Wildman–Crippen MR) is 133 cm³/mol. The van der Waals surface area contributed by atoms with Crippen molar-refractivity contribution in [1.29, 1.82) is 0 Å². The van der Waals surface area contributed by atoms with E-state index in [1.54, 1.807) is 30.3 Å². The van der Waals surface area contributed by atoms with Crippen molar-refractivity contribution in [2.75, 3.05) is 39.0 Å². The second-order valence-corrected chi connectivity index (χ2v) is 8.51. The molecule has 1 atom stereocenters. The van der Waals surface area contributed by atoms with Gasteiger partial charge in [-0.1, -0.05) is 41.9 Å². The summed E-state index contributed by atoms with van der Waals surface area (Å²) < 4.78 is 5.25. The Labute approximate surface area is 205 Å². The lowest BCUT2D eigenvalue weighted by atomic mass is 9.96. The molecule has 7 nitrogen and oxygen atoms in total. The van der Waals surface area contributed by atoms with Crippen molar-refractivity contribution in [3.8, 4) is 5.75 Å². The van der Waals surface area contributed by atoms with Crippen LogP contribution < -0.4 is 15.8 Å². The molecule has 0 aromatic heterocycles. The molecule has 2 aromatic rings. The van der Waals surface area contributed by atoms with Crippen LogP contribution in [0, 0.1) is 5.92 Å². The molecule has 9 heteroatoms. The lowest BCUT2D eigenvalue weighted by Gasteiger charge is -2.32. The third-order valence-corrected chi connectivity index (χ3v) is 6.23. The van der Waals surface area contributed by atoms with Gasteiger partial charge in [-0.15, -0.1) is 12.4 Å². The van der Waals surface area contributed by atoms with Crippen molar-refractivity contribution in [3.63, 3.8) is 0 Å². The Balaban J connectivity index is 0.00000385. The zero-order valence-electron chi connectivity index (χ0n) is 18.6. The highest BCUT2D eigenvalue weighted by atomic mass is 35.5. The number of carbonyl (C=O) groups is 2. The van der Waals surface area contributed by atoms with Crippen LogP contribution in [0.25, 0.3) is 0 Å². The summed E-state index contributed by atoms with van der Waals surface area (Å²) in [5.41, 5.74) is 7.04. The Morgan fingerprint density at radius 1 is 1.24 bits per heavy atom. The summed E-state index contributed by atoms with van der Waals surface area (Å²) in [5.74, 6) is 0.277. The van der Waals surface area contributed by atoms with E-state index in [4.69, 9.17) is 22.1 Å². The fourth-order valence-electron chi connectivity index (χ4n) is 3.89. The van der Waals surface area contributed by atoms with E-state index < -0.39 is 6.10 Å². The fraction of sp³-hybridized carbons (Fsp3) is 0.417. The molecule has 1 aliphatic heterocycles. The van der Waals surface area contributed by atoms with E-state index in [1.807, 2.05) is 6.07 Å². The summed E-state index contributed by atoms with van der Waals surface area (Å²) in [5, 5.41) is 13.5. The van der Waals surface area contributed by atoms with Gasteiger partial charge in [-0.3, -0.25) is 9.59 Å². The zero-order chi connectivity index (χ0) is 23.1. The van der Waals surface area contributed by atoms with Crippen LogP contribution in [0.15, 0.2) is 42.5 Å². The molecule has 0 saturated carbocycles. The van der Waals surface area contributed by atoms with Gasteiger partial charge in [0.2, 0.25) is 0 Å². The summed E-state index contributed by atoms with van der Waals surface area (Å²) >= 11 is 6.05. The standard InChI is InChI=1S/C24H30ClN3O4.ClH/c1-32-22-14-20(26)19(25)13-18(22)24(31)27-15-16-7-10-28(11-8-16)12-9-21(29)23(30)17-5-3-2-4-6-17;/h2-6,13-14,16,21,29H,7-12,15,26H2,1H3,(H,27,31);1H. The summed E-state index contributed by atoms with van der Waals surface area (Å²) in [6.45, 7) is 2.96. The van der Waals surface area contributed by atoms with Crippen LogP contribution in [0.1, 0.15) is 40.0 Å². The number of Topliss-reactive ketones (excluding diaryl/α,β-unsaturated/α-hetero) is 1. The maximum Gasteiger partial charge on any atom is 0.255 e. The number of nitrogen functional groups attached to an aromatic ring is 1. The van der Waals surface area contributed by atoms with E-state index in [-0.39, 0.29) is 24.1 Å². The van der Waals surface area contributed by atoms with Gasteiger partial charge in [0.05, 0.1) is 23.4 Å². The molecule has 180 valence electrons. The quantitative estimate of drug-likeness (QED) is 0.363. The number of likely N-dealkylation sites (tertiary alicyclic amines) is 1. The number of aliphatic hydroxyl groups excluding tert-OH is 1. The first-order chi connectivity index (χ1) is 15.4. The van der Waals surface area contributed by atoms with E-state index in [2.05, 4.69) is 10.2 Å². The van der Waals surface area contributed by atoms with Gasteiger partial charge in [0, 0.05) is 24.7 Å². The number of rotatable bonds is 9. The molecule has 3 rings (SSSR count). The summed E-state index contributed by atoms with van der Waals surface area (Å²) in [6.07, 6.45) is 1.29. The number of hydrogen-bond donors (Lipinski definition) is 3. The minimum atomic E-state index is -0.990. The van der Waals surface area contributed by atoms with Crippen molar-refractivity contribution in [2.24, 2.45) is 5.92 Å². The fourth-order valence-corrected chi connectivity index (χ4v) is 4.06. The second-order valence-electron chi connectivity index (χ2n) is 8.10. The van der Waals surface area contributed by atoms with Crippen molar-refractivity contribution in [2.45, 2.75) is 25.4 Å². The highest BCUT2D eigenvalue weighted by Gasteiger charge is 2.23. The summed E-state index contributed by atoms with van der Waals surface area (Å²) in [6, 6.07) is 11.9. The molecule has 1 aliphatic rings. The van der Waals surface area contributed by atoms with Crippen LogP contribution >= 0.6 is 24.0 Å². The second kappa shape index (κ2) is 12.8. The minimum absolute atomic E-state index is 0. The van der Waals surface area contributed by atoms with Crippen LogP contribution in [0.5, 0.6) is 5.75 Å². The number of hydrogen-bond acceptors (Lipinski definition) is 6. The number of nitrogens with two attached hydrogens (primary N) is 1. The van der Waals surface area contributed by atoms with Gasteiger partial charge in [-0.05, 0) is 44.3 Å². The van der Waals surface area contributed by atoms with Crippen LogP contribution in [-0.4, -0.2) is 61.1 Å². The maximum atomic E-state index is 12.6. The van der Waals surface area contributed by atoms with Gasteiger partial charge in [-0.2, -0.15) is 0 Å². The summed E-state index contributed by atoms with van der Waals surface area (Å²) in [4.78, 5) is 27.1. The van der Waals surface area contributed by atoms with Gasteiger partial charge in [-0.25, -0.2) is 0 Å². The molecular formula is C24H31Cl2N3O4. The number of halogens is 2. The maximum absolute atomic E-state index is 12.6. The van der Waals surface area contributed by atoms with Crippen LogP contribution in [0.2, 0.25) is 5.02 Å². The average Bonchev–Trinajstić information content (AvgIpc) is 2.83. The van der Waals surface area contributed by atoms with E-state index in [1.165, 1.54) is 13.2 Å². The van der Waals surface area contributed by atoms with Crippen molar-refractivity contribution in [3.05, 3.63) is 58.6 Å². The molecule has 1 amide bonds. The number of aliphatic hydroxyl groups is 1. The number of methoxy groups -OCH3 is 1. The lowest BCUT2D eigenvalue weighted by Crippen LogP contribution is -2.40. The SMILES string of the molecule is COc1cc(N)c(Cl)cc1C(=O)NCC1CCN(CCC(O)C(=O)c2ccccc2)CC1.Cl. The predicted octanol–water partition coefficient (Wildman–Crippen LogP) is 3.43. The van der Waals surface area contributed by atoms with Crippen LogP contribution in [-0.2, 0) is 0 Å². The Hall–Kier alpha value is -2.32. The third-order valence-electron chi connectivity index (χ3n) is 5.90. The monoisotopic (exact) mass is 495 g/mol. The molecular weight excluding hydrogens is 465 g/mol. The Kier molecular flexibility index (Phi) is 10.4. The smallest absolute Gasteiger partial charge is 0.255 e. The normalized spacial score (nSPS) is 15.4. The number of ketones is 1. The molecule has 1 saturated heterocycles. The molecule has 0 aliphatic carbocycles. The Morgan fingerprint density at radius 3 is 2.55 bits per heavy atom. The minimum Gasteiger partial charge on any atom is -0.496 e. The molecule has 1 fully saturated rings. The first-order valence-electron chi connectivity index (χ1n) is 10.8. The number of benzene rings is 2. The highest BCUT2D eigenvalue weighted by molar-refractivity contribution is 6.33. The Bertz CT molecular complexity index is 935. The molecule has 0 bridgehead atoms. The van der Waals surface area contributed by atoms with Gasteiger partial charge >= 0.3 is 0 Å². The highest BCUT2D eigenvalue weighted by Crippen LogP contribution is 2.29. The molecule has 0 radical (unpaired) electrons.